The maximum atomic E-state index is 3.33. The number of rotatable bonds is 0. The van der Waals surface area contributed by atoms with Gasteiger partial charge in [-0.15, -0.1) is 0 Å². The van der Waals surface area contributed by atoms with Crippen LogP contribution in [0.1, 0.15) is 0 Å². The Kier molecular flexibility index (Phi) is 33.5. The van der Waals surface area contributed by atoms with Crippen LogP contribution in [-0.4, -0.2) is 24.6 Å². The summed E-state index contributed by atoms with van der Waals surface area (Å²) in [5, 5.41) is 0. The fourth-order valence-electron chi connectivity index (χ4n) is 0. The third-order valence-corrected chi connectivity index (χ3v) is 0. The number of hydrogen-bond donors (Lipinski definition) is 1. The summed E-state index contributed by atoms with van der Waals surface area (Å²) in [7, 11) is 1.75. The molecule has 0 aliphatic carbocycles. The van der Waals surface area contributed by atoms with Crippen molar-refractivity contribution in [2.24, 2.45) is 0 Å². The molecule has 0 aromatic heterocycles. The average Bonchev–Trinajstić information content (AvgIpc) is 1.46. The Morgan fingerprint density at radius 3 is 1.80 bits per heavy atom. The molecule has 0 unspecified atom stereocenters. The molecule has 0 aromatic rings. The van der Waals surface area contributed by atoms with Gasteiger partial charge in [-0.2, -0.15) is 0 Å². The minimum atomic E-state index is -0.134. The molecular formula is CH6BrINPb+. The van der Waals surface area contributed by atoms with Crippen molar-refractivity contribution in [2.45, 2.75) is 0 Å². The molecule has 0 saturated carbocycles. The third kappa shape index (κ3) is 23.3. The van der Waals surface area contributed by atoms with E-state index in [2.05, 4.69) is 35.5 Å². The van der Waals surface area contributed by atoms with Crippen molar-refractivity contribution in [1.29, 1.82) is 0 Å². The minimum absolute atomic E-state index is 0.134. The van der Waals surface area contributed by atoms with Crippen LogP contribution in [0, 0.1) is 0 Å². The van der Waals surface area contributed by atoms with E-state index in [0.29, 0.717) is 0 Å². The van der Waals surface area contributed by atoms with Crippen molar-refractivity contribution in [3.8, 4) is 0 Å². The van der Waals surface area contributed by atoms with Gasteiger partial charge in [0.15, 0.2) is 0 Å². The summed E-state index contributed by atoms with van der Waals surface area (Å²) in [5.41, 5.74) is 3.25. The maximum absolute atomic E-state index is 3.33. The van der Waals surface area contributed by atoms with Gasteiger partial charge in [0.25, 0.3) is 0 Å². The molecule has 0 aliphatic rings. The average molecular weight is 446 g/mol. The van der Waals surface area contributed by atoms with Crippen LogP contribution in [0.4, 0.5) is 0 Å². The molecular weight excluding hydrogens is 440 g/mol. The molecule has 0 aliphatic heterocycles. The summed E-state index contributed by atoms with van der Waals surface area (Å²) < 4.78 is 0. The van der Waals surface area contributed by atoms with E-state index in [1.165, 1.54) is 0 Å². The van der Waals surface area contributed by atoms with Gasteiger partial charge in [0.2, 0.25) is 0 Å². The second-order valence-electron chi connectivity index (χ2n) is 0.0714. The quantitative estimate of drug-likeness (QED) is 0.408. The van der Waals surface area contributed by atoms with Crippen molar-refractivity contribution < 1.29 is 5.73 Å². The van der Waals surface area contributed by atoms with Gasteiger partial charge in [0.05, 0.1) is 7.05 Å². The standard InChI is InChI=1S/CH5N.BrH.HI.Pb/c1-2;;;/h2H2,1H3;2*1H;/q;;;+2/p-1. The summed E-state index contributed by atoms with van der Waals surface area (Å²) in [6.45, 7) is 0. The molecule has 32 valence electrons. The van der Waals surface area contributed by atoms with Crippen molar-refractivity contribution >= 4 is 47.3 Å². The molecule has 0 atom stereocenters. The molecule has 0 saturated heterocycles. The van der Waals surface area contributed by atoms with Crippen molar-refractivity contribution in [3.63, 3.8) is 0 Å². The van der Waals surface area contributed by atoms with Gasteiger partial charge in [0.1, 0.15) is 0 Å². The molecule has 0 fully saturated rings. The first kappa shape index (κ1) is 10.2. The molecule has 1 nitrogen and oxygen atoms in total. The van der Waals surface area contributed by atoms with Gasteiger partial charge in [-0.25, -0.2) is 0 Å². The van der Waals surface area contributed by atoms with Crippen LogP contribution >= 0.6 is 29.7 Å². The first-order chi connectivity index (χ1) is 2.41. The summed E-state index contributed by atoms with van der Waals surface area (Å²) in [6, 6.07) is 0. The molecule has 0 bridgehead atoms. The molecule has 2 radical (unpaired) electrons. The van der Waals surface area contributed by atoms with E-state index in [0.717, 1.165) is 0 Å². The van der Waals surface area contributed by atoms with E-state index in [1.54, 1.807) is 7.05 Å². The molecule has 0 aromatic carbocycles. The molecule has 0 amide bonds. The zero-order chi connectivity index (χ0) is 4.71. The van der Waals surface area contributed by atoms with Gasteiger partial charge in [-0.05, 0) is 0 Å². The monoisotopic (exact) mass is 446 g/mol. The summed E-state index contributed by atoms with van der Waals surface area (Å²) in [5.74, 6) is 0. The first-order valence-corrected chi connectivity index (χ1v) is 20.4. The van der Waals surface area contributed by atoms with Gasteiger partial charge >= 0.3 is 47.3 Å². The van der Waals surface area contributed by atoms with Crippen LogP contribution in [0.15, 0.2) is 0 Å². The number of halogens is 2. The summed E-state index contributed by atoms with van der Waals surface area (Å²) >= 11 is 5.59. The van der Waals surface area contributed by atoms with Crippen LogP contribution in [-0.2, 0) is 0 Å². The SMILES string of the molecule is C[NH3+].[Br][Pb][I]. The van der Waals surface area contributed by atoms with E-state index < -0.39 is 0 Å². The van der Waals surface area contributed by atoms with Gasteiger partial charge in [0, 0.05) is 0 Å². The second-order valence-corrected chi connectivity index (χ2v) is 21.8. The molecule has 0 heterocycles. The van der Waals surface area contributed by atoms with Crippen LogP contribution in [0.2, 0.25) is 0 Å². The Labute approximate surface area is 59.0 Å². The fraction of sp³-hybridized carbons (Fsp3) is 1.00. The predicted octanol–water partition coefficient (Wildman–Crippen LogP) is 0.209. The molecule has 0 spiro atoms. The molecule has 0 rings (SSSR count). The van der Waals surface area contributed by atoms with Crippen LogP contribution in [0.25, 0.3) is 0 Å². The topological polar surface area (TPSA) is 27.6 Å². The first-order valence-electron chi connectivity index (χ1n) is 1.09. The second kappa shape index (κ2) is 16.5. The molecule has 5 heavy (non-hydrogen) atoms. The normalized spacial score (nSPS) is 4.80. The van der Waals surface area contributed by atoms with Gasteiger partial charge < -0.3 is 5.73 Å². The number of quaternary nitrogens is 1. The fourth-order valence-corrected chi connectivity index (χ4v) is 0. The van der Waals surface area contributed by atoms with Gasteiger partial charge in [-0.1, -0.05) is 0 Å². The third-order valence-electron chi connectivity index (χ3n) is 0. The Balaban J connectivity index is 0. The van der Waals surface area contributed by atoms with E-state index >= 15 is 0 Å². The van der Waals surface area contributed by atoms with Crippen molar-refractivity contribution in [1.82, 2.24) is 0 Å². The van der Waals surface area contributed by atoms with E-state index in [-0.39, 0.29) is 17.5 Å². The van der Waals surface area contributed by atoms with Crippen molar-refractivity contribution in [3.05, 3.63) is 0 Å². The van der Waals surface area contributed by atoms with Crippen LogP contribution < -0.4 is 5.73 Å². The Morgan fingerprint density at radius 2 is 1.80 bits per heavy atom. The molecule has 4 heteroatoms. The van der Waals surface area contributed by atoms with E-state index in [9.17, 15) is 0 Å². The van der Waals surface area contributed by atoms with E-state index in [4.69, 9.17) is 0 Å². The van der Waals surface area contributed by atoms with E-state index in [1.807, 2.05) is 0 Å². The predicted molar refractivity (Wildman–Crippen MR) is 37.5 cm³/mol. The summed E-state index contributed by atoms with van der Waals surface area (Å²) in [6.07, 6.45) is 0. The zero-order valence-corrected chi connectivity index (χ0v) is 10.6. The summed E-state index contributed by atoms with van der Waals surface area (Å²) in [4.78, 5) is 0. The zero-order valence-electron chi connectivity index (χ0n) is 2.96. The molecule has 3 N–H and O–H groups in total. The van der Waals surface area contributed by atoms with Crippen LogP contribution in [0.5, 0.6) is 0 Å². The van der Waals surface area contributed by atoms with Crippen molar-refractivity contribution in [2.75, 3.05) is 7.05 Å². The Bertz CT molecular complexity index is 11.6. The van der Waals surface area contributed by atoms with Gasteiger partial charge in [-0.3, -0.25) is 0 Å². The van der Waals surface area contributed by atoms with Crippen LogP contribution in [0.3, 0.4) is 0 Å². The Hall–Kier alpha value is 2.09. The number of hydrogen-bond acceptors (Lipinski definition) is 0. The Morgan fingerprint density at radius 1 is 1.80 bits per heavy atom.